The van der Waals surface area contributed by atoms with Crippen molar-refractivity contribution in [3.05, 3.63) is 120 Å². The Bertz CT molecular complexity index is 2060. The Kier molecular flexibility index (Phi) is 7.69. The molecule has 1 fully saturated rings. The number of benzene rings is 3. The highest BCUT2D eigenvalue weighted by Crippen LogP contribution is 2.32. The Labute approximate surface area is 265 Å². The average molecular weight is 610 g/mol. The first-order valence-electron chi connectivity index (χ1n) is 15.0. The fourth-order valence-corrected chi connectivity index (χ4v) is 5.92. The van der Waals surface area contributed by atoms with Crippen molar-refractivity contribution in [2.24, 2.45) is 0 Å². The first-order chi connectivity index (χ1) is 22.5. The number of amides is 1. The van der Waals surface area contributed by atoms with Crippen molar-refractivity contribution in [1.29, 1.82) is 0 Å². The molecule has 0 unspecified atom stereocenters. The van der Waals surface area contributed by atoms with Crippen molar-refractivity contribution in [1.82, 2.24) is 29.7 Å². The number of hydrogen-bond acceptors (Lipinski definition) is 8. The summed E-state index contributed by atoms with van der Waals surface area (Å²) in [6, 6.07) is 30.4. The molecule has 0 spiro atoms. The Morgan fingerprint density at radius 1 is 0.978 bits per heavy atom. The van der Waals surface area contributed by atoms with Gasteiger partial charge in [-0.3, -0.25) is 19.1 Å². The molecule has 1 saturated heterocycles. The van der Waals surface area contributed by atoms with Crippen LogP contribution in [0.3, 0.4) is 0 Å². The second kappa shape index (κ2) is 12.3. The maximum absolute atomic E-state index is 12.8. The van der Waals surface area contributed by atoms with Gasteiger partial charge in [0.2, 0.25) is 0 Å². The summed E-state index contributed by atoms with van der Waals surface area (Å²) < 4.78 is 2.03. The molecule has 0 radical (unpaired) electrons. The standard InChI is InChI=1S/C36H31N7O3/c37-33-29(7-4-17-38-33)34-41-31-14-13-30(24-5-2-1-3-6-24)40-35(31)43(34)28-11-8-23(9-12-28)20-42-18-16-27(21-42)39-36(46)25-10-15-32(45)26(19-25)22-44/h1-15,17,19,22,27,45H,16,18,20-21H2,(H2,37,38)(H,39,46)/t27-/m1/s1. The van der Waals surface area contributed by atoms with E-state index in [1.807, 2.05) is 59.2 Å². The molecular weight excluding hydrogens is 578 g/mol. The maximum atomic E-state index is 12.8. The van der Waals surface area contributed by atoms with Gasteiger partial charge in [0.05, 0.1) is 16.8 Å². The molecule has 4 N–H and O–H groups in total. The number of pyridine rings is 2. The third-order valence-electron chi connectivity index (χ3n) is 8.28. The lowest BCUT2D eigenvalue weighted by molar-refractivity contribution is 0.0937. The van der Waals surface area contributed by atoms with E-state index in [0.717, 1.165) is 58.7 Å². The number of nitrogen functional groups attached to an aromatic ring is 1. The zero-order valence-electron chi connectivity index (χ0n) is 24.9. The van der Waals surface area contributed by atoms with Gasteiger partial charge in [-0.2, -0.15) is 0 Å². The Morgan fingerprint density at radius 3 is 2.59 bits per heavy atom. The highest BCUT2D eigenvalue weighted by Gasteiger charge is 2.25. The molecule has 0 bridgehead atoms. The number of aldehydes is 1. The number of aromatic nitrogens is 4. The topological polar surface area (TPSA) is 139 Å². The number of aromatic hydroxyl groups is 1. The van der Waals surface area contributed by atoms with Crippen LogP contribution >= 0.6 is 0 Å². The summed E-state index contributed by atoms with van der Waals surface area (Å²) in [6.07, 6.45) is 3.02. The molecular formula is C36H31N7O3. The second-order valence-corrected chi connectivity index (χ2v) is 11.4. The number of likely N-dealkylation sites (tertiary alicyclic amines) is 1. The number of imidazole rings is 1. The van der Waals surface area contributed by atoms with Crippen molar-refractivity contribution in [3.63, 3.8) is 0 Å². The summed E-state index contributed by atoms with van der Waals surface area (Å²) in [4.78, 5) is 40.5. The Morgan fingerprint density at radius 2 is 1.80 bits per heavy atom. The molecule has 0 aliphatic carbocycles. The van der Waals surface area contributed by atoms with E-state index >= 15 is 0 Å². The van der Waals surface area contributed by atoms with E-state index in [1.165, 1.54) is 18.2 Å². The summed E-state index contributed by atoms with van der Waals surface area (Å²) >= 11 is 0. The Balaban J connectivity index is 1.12. The highest BCUT2D eigenvalue weighted by molar-refractivity contribution is 5.96. The SMILES string of the molecule is Nc1ncccc1-c1nc2ccc(-c3ccccc3)nc2n1-c1ccc(CN2CC[C@@H](NC(=O)c3ccc(O)c(C=O)c3)C2)cc1. The molecule has 46 heavy (non-hydrogen) atoms. The molecule has 3 aromatic carbocycles. The van der Waals surface area contributed by atoms with Gasteiger partial charge in [-0.15, -0.1) is 0 Å². The van der Waals surface area contributed by atoms with E-state index in [9.17, 15) is 14.7 Å². The molecule has 10 heteroatoms. The smallest absolute Gasteiger partial charge is 0.251 e. The lowest BCUT2D eigenvalue weighted by Crippen LogP contribution is -2.37. The minimum absolute atomic E-state index is 0.0186. The minimum Gasteiger partial charge on any atom is -0.507 e. The van der Waals surface area contributed by atoms with E-state index in [-0.39, 0.29) is 23.3 Å². The number of nitrogens with one attached hydrogen (secondary N) is 1. The van der Waals surface area contributed by atoms with Gasteiger partial charge in [0.25, 0.3) is 5.91 Å². The highest BCUT2D eigenvalue weighted by atomic mass is 16.3. The van der Waals surface area contributed by atoms with Gasteiger partial charge in [-0.1, -0.05) is 42.5 Å². The van der Waals surface area contributed by atoms with Crippen LogP contribution in [0.2, 0.25) is 0 Å². The van der Waals surface area contributed by atoms with Crippen LogP contribution in [0.25, 0.3) is 39.5 Å². The molecule has 1 amide bonds. The summed E-state index contributed by atoms with van der Waals surface area (Å²) in [5, 5.41) is 12.8. The van der Waals surface area contributed by atoms with Crippen LogP contribution < -0.4 is 11.1 Å². The van der Waals surface area contributed by atoms with Crippen molar-refractivity contribution < 1.29 is 14.7 Å². The van der Waals surface area contributed by atoms with Gasteiger partial charge in [-0.25, -0.2) is 15.0 Å². The number of carbonyl (C=O) groups is 2. The number of carbonyl (C=O) groups excluding carboxylic acids is 2. The first-order valence-corrected chi connectivity index (χ1v) is 15.0. The quantitative estimate of drug-likeness (QED) is 0.199. The van der Waals surface area contributed by atoms with E-state index < -0.39 is 0 Å². The number of rotatable bonds is 8. The summed E-state index contributed by atoms with van der Waals surface area (Å²) in [5.74, 6) is 0.653. The summed E-state index contributed by atoms with van der Waals surface area (Å²) in [6.45, 7) is 2.27. The number of hydrogen-bond donors (Lipinski definition) is 3. The molecule has 1 atom stereocenters. The van der Waals surface area contributed by atoms with Gasteiger partial charge in [0.15, 0.2) is 17.8 Å². The van der Waals surface area contributed by atoms with E-state index in [4.69, 9.17) is 15.7 Å². The van der Waals surface area contributed by atoms with Crippen molar-refractivity contribution >= 4 is 29.2 Å². The fourth-order valence-electron chi connectivity index (χ4n) is 5.92. The van der Waals surface area contributed by atoms with Gasteiger partial charge in [0.1, 0.15) is 17.1 Å². The zero-order chi connectivity index (χ0) is 31.6. The first kappa shape index (κ1) is 28.9. The number of nitrogens with zero attached hydrogens (tertiary/aromatic N) is 5. The van der Waals surface area contributed by atoms with Gasteiger partial charge in [-0.05, 0) is 66.6 Å². The predicted octanol–water partition coefficient (Wildman–Crippen LogP) is 5.25. The molecule has 3 aromatic heterocycles. The van der Waals surface area contributed by atoms with Gasteiger partial charge >= 0.3 is 0 Å². The number of phenolic OH excluding ortho intramolecular Hbond substituents is 1. The zero-order valence-corrected chi connectivity index (χ0v) is 24.9. The van der Waals surface area contributed by atoms with E-state index in [2.05, 4.69) is 39.5 Å². The van der Waals surface area contributed by atoms with Gasteiger partial charge in [0, 0.05) is 48.7 Å². The lowest BCUT2D eigenvalue weighted by atomic mass is 10.1. The summed E-state index contributed by atoms with van der Waals surface area (Å²) in [7, 11) is 0. The third-order valence-corrected chi connectivity index (χ3v) is 8.28. The van der Waals surface area contributed by atoms with Crippen molar-refractivity contribution in [3.8, 4) is 34.1 Å². The summed E-state index contributed by atoms with van der Waals surface area (Å²) in [5.41, 5.74) is 12.9. The minimum atomic E-state index is -0.263. The van der Waals surface area contributed by atoms with Crippen LogP contribution in [0.1, 0.15) is 32.7 Å². The number of anilines is 1. The molecule has 1 aliphatic heterocycles. The molecule has 10 nitrogen and oxygen atoms in total. The number of phenols is 1. The average Bonchev–Trinajstić information content (AvgIpc) is 3.69. The normalized spacial score (nSPS) is 14.8. The van der Waals surface area contributed by atoms with Crippen molar-refractivity contribution in [2.45, 2.75) is 19.0 Å². The largest absolute Gasteiger partial charge is 0.507 e. The molecule has 4 heterocycles. The fraction of sp³-hybridized carbons (Fsp3) is 0.139. The van der Waals surface area contributed by atoms with Crippen LogP contribution in [-0.2, 0) is 6.54 Å². The predicted molar refractivity (Wildman–Crippen MR) is 177 cm³/mol. The number of fused-ring (bicyclic) bond motifs is 1. The molecule has 0 saturated carbocycles. The van der Waals surface area contributed by atoms with Crippen LogP contribution in [0.15, 0.2) is 103 Å². The van der Waals surface area contributed by atoms with E-state index in [1.54, 1.807) is 6.20 Å². The lowest BCUT2D eigenvalue weighted by Gasteiger charge is -2.17. The number of nitrogens with two attached hydrogens (primary N) is 1. The third kappa shape index (κ3) is 5.69. The molecule has 1 aliphatic rings. The monoisotopic (exact) mass is 609 g/mol. The van der Waals surface area contributed by atoms with Crippen LogP contribution in [0.4, 0.5) is 5.82 Å². The van der Waals surface area contributed by atoms with E-state index in [0.29, 0.717) is 30.0 Å². The van der Waals surface area contributed by atoms with Crippen LogP contribution in [0.5, 0.6) is 5.75 Å². The molecule has 6 aromatic rings. The second-order valence-electron chi connectivity index (χ2n) is 11.4. The maximum Gasteiger partial charge on any atom is 0.251 e. The van der Waals surface area contributed by atoms with Crippen LogP contribution in [0, 0.1) is 0 Å². The Hall–Kier alpha value is -5.87. The van der Waals surface area contributed by atoms with Crippen molar-refractivity contribution in [2.75, 3.05) is 18.8 Å². The van der Waals surface area contributed by atoms with Gasteiger partial charge < -0.3 is 16.2 Å². The molecule has 7 rings (SSSR count). The molecule has 228 valence electrons. The van der Waals surface area contributed by atoms with Crippen LogP contribution in [-0.4, -0.2) is 60.9 Å².